The first-order chi connectivity index (χ1) is 8.15. The first-order valence-electron chi connectivity index (χ1n) is 5.93. The molecule has 2 N–H and O–H groups in total. The Morgan fingerprint density at radius 3 is 2.65 bits per heavy atom. The number of hydrogen-bond donors (Lipinski definition) is 1. The molecule has 0 atom stereocenters. The third-order valence-corrected chi connectivity index (χ3v) is 3.09. The summed E-state index contributed by atoms with van der Waals surface area (Å²) in [5.74, 6) is -2.61. The molecule has 94 valence electrons. The largest absolute Gasteiger partial charge is 0.356 e. The van der Waals surface area contributed by atoms with Crippen molar-refractivity contribution >= 4 is 5.82 Å². The zero-order valence-electron chi connectivity index (χ0n) is 9.70. The van der Waals surface area contributed by atoms with Crippen molar-refractivity contribution in [1.82, 2.24) is 4.98 Å². The maximum absolute atomic E-state index is 13.7. The fourth-order valence-electron chi connectivity index (χ4n) is 2.15. The Hall–Kier alpha value is -1.23. The van der Waals surface area contributed by atoms with Gasteiger partial charge in [0.05, 0.1) is 12.1 Å². The second-order valence-corrected chi connectivity index (χ2v) is 4.33. The number of rotatable bonds is 3. The van der Waals surface area contributed by atoms with E-state index in [1.165, 1.54) is 12.1 Å². The van der Waals surface area contributed by atoms with E-state index in [4.69, 9.17) is 5.73 Å². The molecule has 2 heterocycles. The molecule has 1 aliphatic rings. The molecule has 0 unspecified atom stereocenters. The van der Waals surface area contributed by atoms with Gasteiger partial charge < -0.3 is 10.6 Å². The molecule has 5 heteroatoms. The lowest BCUT2D eigenvalue weighted by Gasteiger charge is -2.30. The first-order valence-corrected chi connectivity index (χ1v) is 5.93. The number of piperidine rings is 1. The van der Waals surface area contributed by atoms with Crippen LogP contribution in [0.3, 0.4) is 0 Å². The number of nitrogens with two attached hydrogens (primary N) is 1. The summed E-state index contributed by atoms with van der Waals surface area (Å²) >= 11 is 0. The molecule has 0 aliphatic carbocycles. The normalized spacial score (nSPS) is 17.2. The molecule has 0 aromatic carbocycles. The summed E-state index contributed by atoms with van der Waals surface area (Å²) in [6.45, 7) is 0.912. The number of hydrogen-bond acceptors (Lipinski definition) is 3. The van der Waals surface area contributed by atoms with Crippen LogP contribution in [-0.4, -0.2) is 24.6 Å². The van der Waals surface area contributed by atoms with Crippen molar-refractivity contribution < 1.29 is 8.78 Å². The van der Waals surface area contributed by atoms with Gasteiger partial charge in [0, 0.05) is 19.3 Å². The summed E-state index contributed by atoms with van der Waals surface area (Å²) in [7, 11) is 0. The molecule has 17 heavy (non-hydrogen) atoms. The highest BCUT2D eigenvalue weighted by Crippen LogP contribution is 2.33. The van der Waals surface area contributed by atoms with Gasteiger partial charge in [-0.15, -0.1) is 0 Å². The highest BCUT2D eigenvalue weighted by molar-refractivity contribution is 5.49. The van der Waals surface area contributed by atoms with Crippen molar-refractivity contribution in [3.63, 3.8) is 0 Å². The summed E-state index contributed by atoms with van der Waals surface area (Å²) in [6.07, 6.45) is 4.78. The van der Waals surface area contributed by atoms with Crippen molar-refractivity contribution in [1.29, 1.82) is 0 Å². The average Bonchev–Trinajstić information content (AvgIpc) is 2.40. The predicted octanol–water partition coefficient (Wildman–Crippen LogP) is 2.12. The molecule has 1 aliphatic heterocycles. The number of halogens is 2. The molecular formula is C12H17F2N3. The highest BCUT2D eigenvalue weighted by atomic mass is 19.3. The summed E-state index contributed by atoms with van der Waals surface area (Å²) in [5, 5.41) is 0. The summed E-state index contributed by atoms with van der Waals surface area (Å²) in [4.78, 5) is 6.04. The first kappa shape index (κ1) is 12.2. The van der Waals surface area contributed by atoms with Crippen LogP contribution in [0.5, 0.6) is 0 Å². The van der Waals surface area contributed by atoms with E-state index in [1.54, 1.807) is 6.20 Å². The van der Waals surface area contributed by atoms with Crippen molar-refractivity contribution in [3.8, 4) is 0 Å². The maximum Gasteiger partial charge on any atom is 0.288 e. The lowest BCUT2D eigenvalue weighted by molar-refractivity contribution is 0.00609. The quantitative estimate of drug-likeness (QED) is 0.881. The second kappa shape index (κ2) is 4.96. The molecule has 1 saturated heterocycles. The molecule has 1 aromatic heterocycles. The average molecular weight is 241 g/mol. The second-order valence-electron chi connectivity index (χ2n) is 4.33. The molecule has 2 rings (SSSR count). The molecule has 0 amide bonds. The topological polar surface area (TPSA) is 42.1 Å². The standard InChI is InChI=1S/C12H17F2N3/c13-12(14,9-15)10-5-4-6-16-11(10)17-7-2-1-3-8-17/h4-6H,1-3,7-9,15H2. The Bertz CT molecular complexity index is 376. The van der Waals surface area contributed by atoms with Crippen LogP contribution in [0.2, 0.25) is 0 Å². The third-order valence-electron chi connectivity index (χ3n) is 3.09. The van der Waals surface area contributed by atoms with E-state index in [0.29, 0.717) is 5.82 Å². The smallest absolute Gasteiger partial charge is 0.288 e. The van der Waals surface area contributed by atoms with Crippen LogP contribution < -0.4 is 10.6 Å². The van der Waals surface area contributed by atoms with E-state index in [2.05, 4.69) is 4.98 Å². The fourth-order valence-corrected chi connectivity index (χ4v) is 2.15. The lowest BCUT2D eigenvalue weighted by atomic mass is 10.1. The third kappa shape index (κ3) is 2.54. The fraction of sp³-hybridized carbons (Fsp3) is 0.583. The van der Waals surface area contributed by atoms with Gasteiger partial charge in [0.15, 0.2) is 0 Å². The van der Waals surface area contributed by atoms with Crippen molar-refractivity contribution in [3.05, 3.63) is 23.9 Å². The molecule has 1 fully saturated rings. The molecule has 1 aromatic rings. The minimum atomic E-state index is -3.00. The number of alkyl halides is 2. The van der Waals surface area contributed by atoms with Gasteiger partial charge >= 0.3 is 0 Å². The van der Waals surface area contributed by atoms with Gasteiger partial charge in [0.1, 0.15) is 5.82 Å². The van der Waals surface area contributed by atoms with Crippen LogP contribution in [0.15, 0.2) is 18.3 Å². The van der Waals surface area contributed by atoms with E-state index in [9.17, 15) is 8.78 Å². The Morgan fingerprint density at radius 2 is 2.00 bits per heavy atom. The minimum Gasteiger partial charge on any atom is -0.356 e. The van der Waals surface area contributed by atoms with Gasteiger partial charge in [-0.3, -0.25) is 0 Å². The monoisotopic (exact) mass is 241 g/mol. The van der Waals surface area contributed by atoms with E-state index in [1.807, 2.05) is 4.90 Å². The van der Waals surface area contributed by atoms with Crippen molar-refractivity contribution in [2.24, 2.45) is 5.73 Å². The van der Waals surface area contributed by atoms with Gasteiger partial charge in [0.2, 0.25) is 0 Å². The highest BCUT2D eigenvalue weighted by Gasteiger charge is 2.34. The Kier molecular flexibility index (Phi) is 3.57. The van der Waals surface area contributed by atoms with E-state index >= 15 is 0 Å². The summed E-state index contributed by atoms with van der Waals surface area (Å²) in [5.41, 5.74) is 5.09. The van der Waals surface area contributed by atoms with E-state index < -0.39 is 12.5 Å². The van der Waals surface area contributed by atoms with E-state index in [-0.39, 0.29) is 5.56 Å². The van der Waals surface area contributed by atoms with Crippen LogP contribution in [-0.2, 0) is 5.92 Å². The minimum absolute atomic E-state index is 0.0515. The molecule has 3 nitrogen and oxygen atoms in total. The van der Waals surface area contributed by atoms with Crippen molar-refractivity contribution in [2.75, 3.05) is 24.5 Å². The predicted molar refractivity (Wildman–Crippen MR) is 63.2 cm³/mol. The molecule has 0 bridgehead atoms. The zero-order valence-corrected chi connectivity index (χ0v) is 9.70. The number of nitrogens with zero attached hydrogens (tertiary/aromatic N) is 2. The Labute approximate surface area is 99.6 Å². The van der Waals surface area contributed by atoms with Gasteiger partial charge in [0.25, 0.3) is 5.92 Å². The van der Waals surface area contributed by atoms with Crippen LogP contribution in [0, 0.1) is 0 Å². The number of anilines is 1. The summed E-state index contributed by atoms with van der Waals surface area (Å²) in [6, 6.07) is 2.95. The van der Waals surface area contributed by atoms with Gasteiger partial charge in [-0.2, -0.15) is 8.78 Å². The lowest BCUT2D eigenvalue weighted by Crippen LogP contribution is -2.34. The maximum atomic E-state index is 13.7. The van der Waals surface area contributed by atoms with Crippen LogP contribution in [0.25, 0.3) is 0 Å². The molecule has 0 saturated carbocycles. The van der Waals surface area contributed by atoms with Gasteiger partial charge in [-0.05, 0) is 31.4 Å². The van der Waals surface area contributed by atoms with Crippen molar-refractivity contribution in [2.45, 2.75) is 25.2 Å². The van der Waals surface area contributed by atoms with Gasteiger partial charge in [-0.1, -0.05) is 0 Å². The number of pyridine rings is 1. The Balaban J connectivity index is 2.33. The van der Waals surface area contributed by atoms with E-state index in [0.717, 1.165) is 32.4 Å². The molecule has 0 spiro atoms. The van der Waals surface area contributed by atoms with Crippen LogP contribution >= 0.6 is 0 Å². The zero-order chi connectivity index (χ0) is 12.3. The van der Waals surface area contributed by atoms with Crippen LogP contribution in [0.4, 0.5) is 14.6 Å². The Morgan fingerprint density at radius 1 is 1.29 bits per heavy atom. The number of aromatic nitrogens is 1. The SMILES string of the molecule is NCC(F)(F)c1cccnc1N1CCCCC1. The molecule has 0 radical (unpaired) electrons. The molecular weight excluding hydrogens is 224 g/mol. The summed E-state index contributed by atoms with van der Waals surface area (Å²) < 4.78 is 27.4. The van der Waals surface area contributed by atoms with Crippen LogP contribution in [0.1, 0.15) is 24.8 Å². The van der Waals surface area contributed by atoms with Gasteiger partial charge in [-0.25, -0.2) is 4.98 Å².